The molecule has 3 heterocycles. The molecule has 3 aromatic rings. The number of alkyl halides is 3. The maximum atomic E-state index is 13.5. The number of nitrogens with zero attached hydrogens (tertiary/aromatic N) is 5. The molecular formula is C22H19F3N6O. The van der Waals surface area contributed by atoms with Gasteiger partial charge in [0, 0.05) is 30.5 Å². The van der Waals surface area contributed by atoms with E-state index in [1.165, 1.54) is 0 Å². The lowest BCUT2D eigenvalue weighted by Crippen LogP contribution is -2.47. The van der Waals surface area contributed by atoms with Gasteiger partial charge in [-0.2, -0.15) is 13.2 Å². The van der Waals surface area contributed by atoms with Crippen LogP contribution in [0.1, 0.15) is 28.9 Å². The second-order valence-electron chi connectivity index (χ2n) is 8.02. The second-order valence-corrected chi connectivity index (χ2v) is 8.02. The molecule has 1 N–H and O–H groups in total. The number of amides is 1. The Labute approximate surface area is 181 Å². The molecule has 5 rings (SSSR count). The van der Waals surface area contributed by atoms with Crippen LogP contribution in [0.4, 0.5) is 19.0 Å². The Bertz CT molecular complexity index is 1120. The normalized spacial score (nSPS) is 22.2. The van der Waals surface area contributed by atoms with Crippen LogP contribution in [0.5, 0.6) is 0 Å². The molecule has 164 valence electrons. The standard InChI is InChI=1S/C22H19F3N6O/c23-22(24,25)18-10-29-19(11-28-18)30-16-8-13-9-17(16)31(12-13)21(32)15-5-2-1-4-14(15)20-26-6-3-7-27-20/h1-7,10-11,13,16-17H,8-9,12H2,(H,29,30)/t13-,16?,17?/m0/s1. The monoisotopic (exact) mass is 440 g/mol. The zero-order chi connectivity index (χ0) is 22.3. The van der Waals surface area contributed by atoms with E-state index in [-0.39, 0.29) is 23.8 Å². The van der Waals surface area contributed by atoms with Crippen LogP contribution < -0.4 is 5.32 Å². The van der Waals surface area contributed by atoms with Crippen molar-refractivity contribution < 1.29 is 18.0 Å². The molecule has 1 aliphatic carbocycles. The van der Waals surface area contributed by atoms with E-state index in [1.807, 2.05) is 23.1 Å². The number of nitrogens with one attached hydrogen (secondary N) is 1. The highest BCUT2D eigenvalue weighted by Crippen LogP contribution is 2.40. The zero-order valence-corrected chi connectivity index (χ0v) is 16.8. The number of fused-ring (bicyclic) bond motifs is 2. The number of aromatic nitrogens is 4. The first-order chi connectivity index (χ1) is 15.4. The number of anilines is 1. The second kappa shape index (κ2) is 7.85. The number of carbonyl (C=O) groups excluding carboxylic acids is 1. The van der Waals surface area contributed by atoms with E-state index in [0.29, 0.717) is 35.6 Å². The van der Waals surface area contributed by atoms with Gasteiger partial charge in [0.25, 0.3) is 5.91 Å². The summed E-state index contributed by atoms with van der Waals surface area (Å²) in [5.41, 5.74) is 0.158. The number of carbonyl (C=O) groups is 1. The first-order valence-electron chi connectivity index (χ1n) is 10.2. The maximum Gasteiger partial charge on any atom is 0.434 e. The molecule has 2 unspecified atom stereocenters. The van der Waals surface area contributed by atoms with Gasteiger partial charge in [-0.3, -0.25) is 4.79 Å². The number of halogens is 3. The summed E-state index contributed by atoms with van der Waals surface area (Å²) in [5.74, 6) is 0.964. The molecule has 2 bridgehead atoms. The lowest BCUT2D eigenvalue weighted by molar-refractivity contribution is -0.141. The highest BCUT2D eigenvalue weighted by Gasteiger charge is 2.47. The molecule has 10 heteroatoms. The average molecular weight is 440 g/mol. The molecule has 3 atom stereocenters. The smallest absolute Gasteiger partial charge is 0.364 e. The van der Waals surface area contributed by atoms with Crippen molar-refractivity contribution in [2.45, 2.75) is 31.1 Å². The van der Waals surface area contributed by atoms with E-state index in [9.17, 15) is 18.0 Å². The molecule has 1 aliphatic heterocycles. The minimum atomic E-state index is -4.53. The molecule has 2 aliphatic rings. The third kappa shape index (κ3) is 3.76. The van der Waals surface area contributed by atoms with Gasteiger partial charge < -0.3 is 10.2 Å². The van der Waals surface area contributed by atoms with Gasteiger partial charge in [-0.15, -0.1) is 0 Å². The van der Waals surface area contributed by atoms with Gasteiger partial charge >= 0.3 is 6.18 Å². The Morgan fingerprint density at radius 3 is 2.47 bits per heavy atom. The quantitative estimate of drug-likeness (QED) is 0.667. The van der Waals surface area contributed by atoms with Crippen LogP contribution in [-0.2, 0) is 6.18 Å². The molecule has 1 aromatic carbocycles. The third-order valence-corrected chi connectivity index (χ3v) is 5.98. The van der Waals surface area contributed by atoms with E-state index in [0.717, 1.165) is 19.0 Å². The van der Waals surface area contributed by atoms with Gasteiger partial charge in [-0.1, -0.05) is 18.2 Å². The van der Waals surface area contributed by atoms with Crippen LogP contribution in [0.25, 0.3) is 11.4 Å². The predicted molar refractivity (Wildman–Crippen MR) is 109 cm³/mol. The molecule has 1 saturated carbocycles. The summed E-state index contributed by atoms with van der Waals surface area (Å²) in [5, 5.41) is 3.17. The first kappa shape index (κ1) is 20.3. The van der Waals surface area contributed by atoms with Crippen LogP contribution in [0.15, 0.2) is 55.1 Å². The fourth-order valence-corrected chi connectivity index (χ4v) is 4.61. The molecule has 2 aromatic heterocycles. The Morgan fingerprint density at radius 1 is 1.00 bits per heavy atom. The van der Waals surface area contributed by atoms with Crippen molar-refractivity contribution in [2.75, 3.05) is 11.9 Å². The summed E-state index contributed by atoms with van der Waals surface area (Å²) in [4.78, 5) is 31.2. The van der Waals surface area contributed by atoms with Crippen molar-refractivity contribution in [1.29, 1.82) is 0 Å². The first-order valence-corrected chi connectivity index (χ1v) is 10.2. The van der Waals surface area contributed by atoms with E-state index in [4.69, 9.17) is 0 Å². The van der Waals surface area contributed by atoms with Gasteiger partial charge in [-0.05, 0) is 30.9 Å². The highest BCUT2D eigenvalue weighted by atomic mass is 19.4. The predicted octanol–water partition coefficient (Wildman–Crippen LogP) is 3.67. The Hall–Kier alpha value is -3.56. The summed E-state index contributed by atoms with van der Waals surface area (Å²) in [7, 11) is 0. The fraction of sp³-hybridized carbons (Fsp3) is 0.318. The van der Waals surface area contributed by atoms with Crippen LogP contribution in [0.3, 0.4) is 0 Å². The number of hydrogen-bond donors (Lipinski definition) is 1. The van der Waals surface area contributed by atoms with Crippen LogP contribution in [0, 0.1) is 5.92 Å². The summed E-state index contributed by atoms with van der Waals surface area (Å²) in [6.07, 6.45) is 2.19. The molecular weight excluding hydrogens is 421 g/mol. The van der Waals surface area contributed by atoms with Gasteiger partial charge in [0.15, 0.2) is 11.5 Å². The van der Waals surface area contributed by atoms with Crippen molar-refractivity contribution >= 4 is 11.7 Å². The van der Waals surface area contributed by atoms with E-state index >= 15 is 0 Å². The van der Waals surface area contributed by atoms with Crippen LogP contribution in [0.2, 0.25) is 0 Å². The van der Waals surface area contributed by atoms with Crippen molar-refractivity contribution in [3.8, 4) is 11.4 Å². The number of likely N-dealkylation sites (tertiary alicyclic amines) is 1. The molecule has 32 heavy (non-hydrogen) atoms. The van der Waals surface area contributed by atoms with Crippen molar-refractivity contribution in [3.05, 3.63) is 66.4 Å². The van der Waals surface area contributed by atoms with Gasteiger partial charge in [0.1, 0.15) is 5.82 Å². The van der Waals surface area contributed by atoms with Gasteiger partial charge in [0.05, 0.1) is 24.0 Å². The highest BCUT2D eigenvalue weighted by molar-refractivity contribution is 6.00. The Balaban J connectivity index is 1.35. The third-order valence-electron chi connectivity index (χ3n) is 5.98. The van der Waals surface area contributed by atoms with Crippen molar-refractivity contribution in [2.24, 2.45) is 5.92 Å². The molecule has 0 spiro atoms. The Morgan fingerprint density at radius 2 is 1.78 bits per heavy atom. The van der Waals surface area contributed by atoms with Crippen molar-refractivity contribution in [1.82, 2.24) is 24.8 Å². The van der Waals surface area contributed by atoms with E-state index in [2.05, 4.69) is 25.3 Å². The van der Waals surface area contributed by atoms with Crippen LogP contribution >= 0.6 is 0 Å². The molecule has 7 nitrogen and oxygen atoms in total. The topological polar surface area (TPSA) is 83.9 Å². The Kier molecular flexibility index (Phi) is 4.99. The average Bonchev–Trinajstić information content (AvgIpc) is 3.40. The van der Waals surface area contributed by atoms with Crippen LogP contribution in [-0.4, -0.2) is 49.4 Å². The van der Waals surface area contributed by atoms with E-state index in [1.54, 1.807) is 24.5 Å². The summed E-state index contributed by atoms with van der Waals surface area (Å²) < 4.78 is 38.2. The maximum absolute atomic E-state index is 13.5. The van der Waals surface area contributed by atoms with E-state index < -0.39 is 11.9 Å². The summed E-state index contributed by atoms with van der Waals surface area (Å²) >= 11 is 0. The van der Waals surface area contributed by atoms with Gasteiger partial charge in [0.2, 0.25) is 0 Å². The fourth-order valence-electron chi connectivity index (χ4n) is 4.61. The number of piperidine rings is 1. The number of rotatable bonds is 4. The zero-order valence-electron chi connectivity index (χ0n) is 16.8. The minimum absolute atomic E-state index is 0.0821. The number of benzene rings is 1. The minimum Gasteiger partial charge on any atom is -0.364 e. The molecule has 2 fully saturated rings. The largest absolute Gasteiger partial charge is 0.434 e. The molecule has 1 saturated heterocycles. The summed E-state index contributed by atoms with van der Waals surface area (Å²) in [6, 6.07) is 8.76. The van der Waals surface area contributed by atoms with Gasteiger partial charge in [-0.25, -0.2) is 19.9 Å². The lowest BCUT2D eigenvalue weighted by atomic mass is 10.0. The molecule has 0 radical (unpaired) electrons. The lowest BCUT2D eigenvalue weighted by Gasteiger charge is -2.34. The van der Waals surface area contributed by atoms with Crippen molar-refractivity contribution in [3.63, 3.8) is 0 Å². The SMILES string of the molecule is O=C(c1ccccc1-c1ncccn1)N1C[C@H]2CC(Nc3cnc(C(F)(F)F)cn3)C1C2. The summed E-state index contributed by atoms with van der Waals surface area (Å²) in [6.45, 7) is 0.643. The molecule has 1 amide bonds. The number of hydrogen-bond acceptors (Lipinski definition) is 6.